The minimum atomic E-state index is -4.47. The zero-order valence-corrected chi connectivity index (χ0v) is 12.3. The lowest BCUT2D eigenvalue weighted by molar-refractivity contribution is -0.141. The van der Waals surface area contributed by atoms with Gasteiger partial charge >= 0.3 is 6.18 Å². The zero-order valence-electron chi connectivity index (χ0n) is 11.5. The first-order valence-corrected chi connectivity index (χ1v) is 6.96. The van der Waals surface area contributed by atoms with E-state index in [1.807, 2.05) is 12.1 Å². The SMILES string of the molecule is OC(CNCc1ccc(Cl)cc1)Cn1ccc(C(F)(F)F)n1. The van der Waals surface area contributed by atoms with E-state index in [0.29, 0.717) is 11.6 Å². The molecule has 0 saturated heterocycles. The third-order valence-electron chi connectivity index (χ3n) is 2.95. The molecule has 1 atom stereocenters. The van der Waals surface area contributed by atoms with Crippen LogP contribution in [0.4, 0.5) is 13.2 Å². The first-order valence-electron chi connectivity index (χ1n) is 6.58. The molecule has 0 bridgehead atoms. The number of nitrogens with zero attached hydrogens (tertiary/aromatic N) is 2. The van der Waals surface area contributed by atoms with Crippen LogP contribution in [-0.4, -0.2) is 27.5 Å². The van der Waals surface area contributed by atoms with Crippen molar-refractivity contribution in [3.05, 3.63) is 52.8 Å². The van der Waals surface area contributed by atoms with E-state index in [4.69, 9.17) is 11.6 Å². The Hall–Kier alpha value is -1.57. The number of benzene rings is 1. The molecule has 0 spiro atoms. The molecule has 2 N–H and O–H groups in total. The summed E-state index contributed by atoms with van der Waals surface area (Å²) in [6, 6.07) is 8.11. The van der Waals surface area contributed by atoms with Gasteiger partial charge < -0.3 is 10.4 Å². The van der Waals surface area contributed by atoms with E-state index < -0.39 is 18.0 Å². The van der Waals surface area contributed by atoms with Gasteiger partial charge in [0.2, 0.25) is 0 Å². The van der Waals surface area contributed by atoms with Gasteiger partial charge in [-0.1, -0.05) is 23.7 Å². The van der Waals surface area contributed by atoms with Crippen molar-refractivity contribution in [3.8, 4) is 0 Å². The van der Waals surface area contributed by atoms with Gasteiger partial charge in [-0.3, -0.25) is 4.68 Å². The van der Waals surface area contributed by atoms with E-state index >= 15 is 0 Å². The van der Waals surface area contributed by atoms with Gasteiger partial charge in [-0.2, -0.15) is 18.3 Å². The molecule has 0 aliphatic heterocycles. The molecule has 1 aromatic carbocycles. The number of halogens is 4. The quantitative estimate of drug-likeness (QED) is 0.854. The monoisotopic (exact) mass is 333 g/mol. The van der Waals surface area contributed by atoms with Crippen molar-refractivity contribution in [2.24, 2.45) is 0 Å². The highest BCUT2D eigenvalue weighted by Gasteiger charge is 2.33. The summed E-state index contributed by atoms with van der Waals surface area (Å²) in [6.07, 6.45) is -4.11. The molecule has 1 unspecified atom stereocenters. The van der Waals surface area contributed by atoms with Crippen molar-refractivity contribution >= 4 is 11.6 Å². The number of aromatic nitrogens is 2. The van der Waals surface area contributed by atoms with Crippen molar-refractivity contribution in [3.63, 3.8) is 0 Å². The van der Waals surface area contributed by atoms with Gasteiger partial charge in [-0.05, 0) is 23.8 Å². The fourth-order valence-corrected chi connectivity index (χ4v) is 2.01. The summed E-state index contributed by atoms with van der Waals surface area (Å²) >= 11 is 5.77. The largest absolute Gasteiger partial charge is 0.435 e. The molecular weight excluding hydrogens is 319 g/mol. The average molecular weight is 334 g/mol. The second-order valence-electron chi connectivity index (χ2n) is 4.83. The summed E-state index contributed by atoms with van der Waals surface area (Å²) in [4.78, 5) is 0. The van der Waals surface area contributed by atoms with Gasteiger partial charge in [0.25, 0.3) is 0 Å². The topological polar surface area (TPSA) is 50.1 Å². The summed E-state index contributed by atoms with van der Waals surface area (Å²) < 4.78 is 38.3. The smallest absolute Gasteiger partial charge is 0.390 e. The van der Waals surface area contributed by atoms with Crippen LogP contribution in [0.2, 0.25) is 5.02 Å². The summed E-state index contributed by atoms with van der Waals surface area (Å²) in [5, 5.41) is 16.9. The van der Waals surface area contributed by atoms with Crippen LogP contribution in [-0.2, 0) is 19.3 Å². The maximum absolute atomic E-state index is 12.4. The molecule has 0 fully saturated rings. The predicted octanol–water partition coefficient (Wildman–Crippen LogP) is 2.71. The third kappa shape index (κ3) is 5.01. The minimum Gasteiger partial charge on any atom is -0.390 e. The fourth-order valence-electron chi connectivity index (χ4n) is 1.88. The van der Waals surface area contributed by atoms with E-state index in [1.165, 1.54) is 6.20 Å². The van der Waals surface area contributed by atoms with Crippen molar-refractivity contribution in [2.75, 3.05) is 6.54 Å². The standard InChI is InChI=1S/C14H15ClF3N3O/c15-11-3-1-10(2-4-11)7-19-8-12(22)9-21-6-5-13(20-21)14(16,17)18/h1-6,12,19,22H,7-9H2. The van der Waals surface area contributed by atoms with Gasteiger partial charge in [0.1, 0.15) is 0 Å². The zero-order chi connectivity index (χ0) is 16.2. The summed E-state index contributed by atoms with van der Waals surface area (Å²) in [6.45, 7) is 0.759. The first kappa shape index (κ1) is 16.8. The van der Waals surface area contributed by atoms with Gasteiger partial charge in [0, 0.05) is 24.3 Å². The van der Waals surface area contributed by atoms with E-state index in [-0.39, 0.29) is 13.1 Å². The van der Waals surface area contributed by atoms with Crippen LogP contribution in [0.1, 0.15) is 11.3 Å². The number of hydrogen-bond donors (Lipinski definition) is 2. The van der Waals surface area contributed by atoms with Crippen molar-refractivity contribution in [1.82, 2.24) is 15.1 Å². The Morgan fingerprint density at radius 1 is 1.23 bits per heavy atom. The Morgan fingerprint density at radius 2 is 1.91 bits per heavy atom. The van der Waals surface area contributed by atoms with Crippen molar-refractivity contribution in [2.45, 2.75) is 25.4 Å². The molecule has 2 rings (SSSR count). The Labute approximate surface area is 130 Å². The van der Waals surface area contributed by atoms with Crippen molar-refractivity contribution in [1.29, 1.82) is 0 Å². The molecule has 2 aromatic rings. The van der Waals surface area contributed by atoms with Crippen LogP contribution in [0, 0.1) is 0 Å². The Bertz CT molecular complexity index is 598. The van der Waals surface area contributed by atoms with Crippen molar-refractivity contribution < 1.29 is 18.3 Å². The Balaban J connectivity index is 1.77. The molecule has 120 valence electrons. The molecule has 0 aliphatic rings. The van der Waals surface area contributed by atoms with Crippen LogP contribution in [0.3, 0.4) is 0 Å². The van der Waals surface area contributed by atoms with E-state index in [1.54, 1.807) is 12.1 Å². The average Bonchev–Trinajstić information content (AvgIpc) is 2.89. The van der Waals surface area contributed by atoms with E-state index in [0.717, 1.165) is 16.3 Å². The summed E-state index contributed by atoms with van der Waals surface area (Å²) in [5.41, 5.74) is 0.0314. The molecular formula is C14H15ClF3N3O. The molecule has 1 aromatic heterocycles. The number of alkyl halides is 3. The lowest BCUT2D eigenvalue weighted by Gasteiger charge is -2.12. The van der Waals surface area contributed by atoms with Crippen LogP contribution >= 0.6 is 11.6 Å². The number of hydrogen-bond acceptors (Lipinski definition) is 3. The van der Waals surface area contributed by atoms with Gasteiger partial charge in [-0.15, -0.1) is 0 Å². The van der Waals surface area contributed by atoms with Gasteiger partial charge in [0.05, 0.1) is 12.6 Å². The third-order valence-corrected chi connectivity index (χ3v) is 3.20. The number of aliphatic hydroxyl groups excluding tert-OH is 1. The normalized spacial score (nSPS) is 13.3. The second kappa shape index (κ2) is 7.13. The summed E-state index contributed by atoms with van der Waals surface area (Å²) in [7, 11) is 0. The summed E-state index contributed by atoms with van der Waals surface area (Å²) in [5.74, 6) is 0. The number of aliphatic hydroxyl groups is 1. The molecule has 0 saturated carbocycles. The molecule has 4 nitrogen and oxygen atoms in total. The molecule has 0 amide bonds. The Kier molecular flexibility index (Phi) is 5.44. The van der Waals surface area contributed by atoms with E-state index in [9.17, 15) is 18.3 Å². The minimum absolute atomic E-state index is 0.0102. The fraction of sp³-hybridized carbons (Fsp3) is 0.357. The predicted molar refractivity (Wildman–Crippen MR) is 76.4 cm³/mol. The van der Waals surface area contributed by atoms with Gasteiger partial charge in [0.15, 0.2) is 5.69 Å². The van der Waals surface area contributed by atoms with Crippen LogP contribution in [0.5, 0.6) is 0 Å². The highest BCUT2D eigenvalue weighted by molar-refractivity contribution is 6.30. The second-order valence-corrected chi connectivity index (χ2v) is 5.27. The lowest BCUT2D eigenvalue weighted by Crippen LogP contribution is -2.30. The Morgan fingerprint density at radius 3 is 2.50 bits per heavy atom. The molecule has 0 aliphatic carbocycles. The molecule has 22 heavy (non-hydrogen) atoms. The molecule has 0 radical (unpaired) electrons. The first-order chi connectivity index (χ1) is 10.3. The van der Waals surface area contributed by atoms with E-state index in [2.05, 4.69) is 10.4 Å². The highest BCUT2D eigenvalue weighted by Crippen LogP contribution is 2.27. The molecule has 8 heteroatoms. The number of rotatable bonds is 6. The van der Waals surface area contributed by atoms with Gasteiger partial charge in [-0.25, -0.2) is 0 Å². The highest BCUT2D eigenvalue weighted by atomic mass is 35.5. The lowest BCUT2D eigenvalue weighted by atomic mass is 10.2. The van der Waals surface area contributed by atoms with Crippen LogP contribution in [0.15, 0.2) is 36.5 Å². The van der Waals surface area contributed by atoms with Crippen LogP contribution in [0.25, 0.3) is 0 Å². The maximum atomic E-state index is 12.4. The molecule has 1 heterocycles. The number of nitrogens with one attached hydrogen (secondary N) is 1. The van der Waals surface area contributed by atoms with Crippen LogP contribution < -0.4 is 5.32 Å². The maximum Gasteiger partial charge on any atom is 0.435 e.